The number of methoxy groups -OCH3 is 1. The molecule has 0 bridgehead atoms. The van der Waals surface area contributed by atoms with E-state index in [-0.39, 0.29) is 0 Å². The van der Waals surface area contributed by atoms with Crippen LogP contribution in [0.15, 0.2) is 42.5 Å². The topological polar surface area (TPSA) is 18.5 Å². The summed E-state index contributed by atoms with van der Waals surface area (Å²) in [5.41, 5.74) is 1.92. The summed E-state index contributed by atoms with van der Waals surface area (Å²) in [5, 5.41) is 0.649. The van der Waals surface area contributed by atoms with Gasteiger partial charge in [0.05, 0.1) is 12.5 Å². The van der Waals surface area contributed by atoms with Crippen molar-refractivity contribution in [2.75, 3.05) is 7.11 Å². The van der Waals surface area contributed by atoms with Gasteiger partial charge in [0.2, 0.25) is 0 Å². The summed E-state index contributed by atoms with van der Waals surface area (Å²) in [5.74, 6) is 1.82. The van der Waals surface area contributed by atoms with Gasteiger partial charge in [-0.2, -0.15) is 0 Å². The largest absolute Gasteiger partial charge is 0.457 e. The van der Waals surface area contributed by atoms with Crippen LogP contribution < -0.4 is 4.74 Å². The van der Waals surface area contributed by atoms with Gasteiger partial charge in [0.15, 0.2) is 0 Å². The quantitative estimate of drug-likeness (QED) is 0.722. The fourth-order valence-electron chi connectivity index (χ4n) is 1.74. The van der Waals surface area contributed by atoms with Gasteiger partial charge in [0.1, 0.15) is 11.5 Å². The first kappa shape index (κ1) is 14.2. The van der Waals surface area contributed by atoms with Gasteiger partial charge in [-0.25, -0.2) is 0 Å². The van der Waals surface area contributed by atoms with E-state index in [1.165, 1.54) is 0 Å². The van der Waals surface area contributed by atoms with E-state index in [1.807, 2.05) is 36.4 Å². The van der Waals surface area contributed by atoms with Crippen molar-refractivity contribution in [3.8, 4) is 11.5 Å². The molecule has 4 heteroatoms. The summed E-state index contributed by atoms with van der Waals surface area (Å²) in [6.45, 7) is 0.556. The zero-order valence-electron chi connectivity index (χ0n) is 10.5. The van der Waals surface area contributed by atoms with Crippen LogP contribution in [0.5, 0.6) is 11.5 Å². The highest BCUT2D eigenvalue weighted by Gasteiger charge is 2.06. The van der Waals surface area contributed by atoms with Crippen molar-refractivity contribution in [1.29, 1.82) is 0 Å². The maximum atomic E-state index is 5.93. The fraction of sp³-hybridized carbons (Fsp3) is 0.200. The van der Waals surface area contributed by atoms with Gasteiger partial charge in [0, 0.05) is 17.7 Å². The SMILES string of the molecule is COCc1cccc(Oc2ccc(Cl)cc2CCl)c1. The first-order chi connectivity index (χ1) is 9.22. The van der Waals surface area contributed by atoms with Crippen LogP contribution in [0.2, 0.25) is 5.02 Å². The molecular weight excluding hydrogens is 283 g/mol. The molecule has 0 fully saturated rings. The molecule has 0 N–H and O–H groups in total. The van der Waals surface area contributed by atoms with Gasteiger partial charge in [-0.15, -0.1) is 11.6 Å². The predicted molar refractivity (Wildman–Crippen MR) is 78.2 cm³/mol. The van der Waals surface area contributed by atoms with E-state index in [9.17, 15) is 0 Å². The van der Waals surface area contributed by atoms with Crippen LogP contribution in [-0.4, -0.2) is 7.11 Å². The number of benzene rings is 2. The lowest BCUT2D eigenvalue weighted by Gasteiger charge is -2.11. The van der Waals surface area contributed by atoms with Gasteiger partial charge >= 0.3 is 0 Å². The Kier molecular flexibility index (Phi) is 5.08. The molecule has 0 saturated heterocycles. The van der Waals surface area contributed by atoms with Gasteiger partial charge in [0.25, 0.3) is 0 Å². The highest BCUT2D eigenvalue weighted by Crippen LogP contribution is 2.29. The molecule has 0 saturated carbocycles. The third-order valence-corrected chi connectivity index (χ3v) is 3.13. The first-order valence-electron chi connectivity index (χ1n) is 5.83. The van der Waals surface area contributed by atoms with Crippen LogP contribution >= 0.6 is 23.2 Å². The monoisotopic (exact) mass is 296 g/mol. The molecule has 0 aliphatic rings. The van der Waals surface area contributed by atoms with E-state index in [2.05, 4.69) is 0 Å². The molecule has 0 aliphatic carbocycles. The highest BCUT2D eigenvalue weighted by molar-refractivity contribution is 6.30. The van der Waals surface area contributed by atoms with Crippen molar-refractivity contribution in [3.05, 3.63) is 58.6 Å². The summed E-state index contributed by atoms with van der Waals surface area (Å²) in [7, 11) is 1.67. The Morgan fingerprint density at radius 3 is 2.68 bits per heavy atom. The summed E-state index contributed by atoms with van der Waals surface area (Å²) in [6, 6.07) is 13.2. The van der Waals surface area contributed by atoms with Crippen molar-refractivity contribution in [3.63, 3.8) is 0 Å². The average Bonchev–Trinajstić information content (AvgIpc) is 2.41. The number of halogens is 2. The molecule has 2 rings (SSSR count). The summed E-state index contributed by atoms with van der Waals surface area (Å²) < 4.78 is 10.9. The van der Waals surface area contributed by atoms with Gasteiger partial charge < -0.3 is 9.47 Å². The number of alkyl halides is 1. The lowest BCUT2D eigenvalue weighted by atomic mass is 10.2. The number of ether oxygens (including phenoxy) is 2. The van der Waals surface area contributed by atoms with E-state index < -0.39 is 0 Å². The third kappa shape index (κ3) is 3.87. The normalized spacial score (nSPS) is 10.5. The summed E-state index contributed by atoms with van der Waals surface area (Å²) in [6.07, 6.45) is 0. The molecule has 0 radical (unpaired) electrons. The Morgan fingerprint density at radius 2 is 1.95 bits per heavy atom. The minimum Gasteiger partial charge on any atom is -0.457 e. The predicted octanol–water partition coefficient (Wildman–Crippen LogP) is 5.02. The zero-order valence-corrected chi connectivity index (χ0v) is 12.0. The van der Waals surface area contributed by atoms with E-state index >= 15 is 0 Å². The second-order valence-corrected chi connectivity index (χ2v) is 4.77. The molecule has 0 atom stereocenters. The highest BCUT2D eigenvalue weighted by atomic mass is 35.5. The molecule has 19 heavy (non-hydrogen) atoms. The lowest BCUT2D eigenvalue weighted by molar-refractivity contribution is 0.184. The van der Waals surface area contributed by atoms with Gasteiger partial charge in [-0.1, -0.05) is 23.7 Å². The Balaban J connectivity index is 2.23. The Labute approximate surface area is 122 Å². The molecule has 0 heterocycles. The number of rotatable bonds is 5. The molecule has 0 aliphatic heterocycles. The minimum atomic E-state index is 0.355. The average molecular weight is 297 g/mol. The van der Waals surface area contributed by atoms with E-state index in [0.717, 1.165) is 16.9 Å². The number of hydrogen-bond donors (Lipinski definition) is 0. The van der Waals surface area contributed by atoms with E-state index in [1.54, 1.807) is 13.2 Å². The molecular formula is C15H14Cl2O2. The zero-order chi connectivity index (χ0) is 13.7. The van der Waals surface area contributed by atoms with Crippen molar-refractivity contribution < 1.29 is 9.47 Å². The van der Waals surface area contributed by atoms with E-state index in [4.69, 9.17) is 32.7 Å². The maximum absolute atomic E-state index is 5.93. The summed E-state index contributed by atoms with van der Waals surface area (Å²) >= 11 is 11.8. The number of hydrogen-bond acceptors (Lipinski definition) is 2. The molecule has 0 amide bonds. The van der Waals surface area contributed by atoms with Crippen LogP contribution in [0.4, 0.5) is 0 Å². The molecule has 0 unspecified atom stereocenters. The first-order valence-corrected chi connectivity index (χ1v) is 6.74. The van der Waals surface area contributed by atoms with Crippen LogP contribution in [0.25, 0.3) is 0 Å². The maximum Gasteiger partial charge on any atom is 0.131 e. The molecule has 2 aromatic rings. The van der Waals surface area contributed by atoms with Crippen molar-refractivity contribution in [2.24, 2.45) is 0 Å². The van der Waals surface area contributed by atoms with Gasteiger partial charge in [-0.05, 0) is 35.9 Å². The summed E-state index contributed by atoms with van der Waals surface area (Å²) in [4.78, 5) is 0. The molecule has 0 aromatic heterocycles. The third-order valence-electron chi connectivity index (χ3n) is 2.60. The molecule has 0 spiro atoms. The fourth-order valence-corrected chi connectivity index (χ4v) is 2.15. The second kappa shape index (κ2) is 6.80. The molecule has 100 valence electrons. The van der Waals surface area contributed by atoms with Gasteiger partial charge in [-0.3, -0.25) is 0 Å². The van der Waals surface area contributed by atoms with Crippen LogP contribution in [0, 0.1) is 0 Å². The van der Waals surface area contributed by atoms with Crippen molar-refractivity contribution in [1.82, 2.24) is 0 Å². The smallest absolute Gasteiger partial charge is 0.131 e. The second-order valence-electron chi connectivity index (χ2n) is 4.07. The van der Waals surface area contributed by atoms with Crippen LogP contribution in [-0.2, 0) is 17.2 Å². The van der Waals surface area contributed by atoms with E-state index in [0.29, 0.717) is 23.3 Å². The van der Waals surface area contributed by atoms with Crippen molar-refractivity contribution >= 4 is 23.2 Å². The molecule has 2 aromatic carbocycles. The van der Waals surface area contributed by atoms with Crippen molar-refractivity contribution in [2.45, 2.75) is 12.5 Å². The standard InChI is InChI=1S/C15H14Cl2O2/c1-18-10-11-3-2-4-14(7-11)19-15-6-5-13(17)8-12(15)9-16/h2-8H,9-10H2,1H3. The lowest BCUT2D eigenvalue weighted by Crippen LogP contribution is -1.92. The molecule has 2 nitrogen and oxygen atoms in total. The van der Waals surface area contributed by atoms with Crippen LogP contribution in [0.1, 0.15) is 11.1 Å². The Morgan fingerprint density at radius 1 is 1.11 bits per heavy atom. The Bertz CT molecular complexity index is 556. The minimum absolute atomic E-state index is 0.355. The van der Waals surface area contributed by atoms with Crippen LogP contribution in [0.3, 0.4) is 0 Å². The Hall–Kier alpha value is -1.22.